The summed E-state index contributed by atoms with van der Waals surface area (Å²) >= 11 is 7.13. The molecule has 0 heterocycles. The Balaban J connectivity index is 2.16. The fourth-order valence-electron chi connectivity index (χ4n) is 2.58. The zero-order valence-electron chi connectivity index (χ0n) is 9.79. The fourth-order valence-corrected chi connectivity index (χ4v) is 3.87. The Morgan fingerprint density at radius 3 is 1.94 bits per heavy atom. The Morgan fingerprint density at radius 2 is 1.44 bits per heavy atom. The molecule has 2 aromatic carbocycles. The predicted molar refractivity (Wildman–Crippen MR) is 82.8 cm³/mol. The molecule has 0 saturated heterocycles. The maximum atomic E-state index is 4.20. The van der Waals surface area contributed by atoms with Crippen LogP contribution in [0.15, 0.2) is 69.6 Å². The van der Waals surface area contributed by atoms with Crippen LogP contribution in [-0.4, -0.2) is 0 Å². The highest BCUT2D eigenvalue weighted by molar-refractivity contribution is 9.11. The minimum absolute atomic E-state index is 0.0214. The van der Waals surface area contributed by atoms with E-state index in [0.29, 0.717) is 0 Å². The van der Waals surface area contributed by atoms with Crippen molar-refractivity contribution in [1.82, 2.24) is 0 Å². The molecule has 2 aromatic rings. The van der Waals surface area contributed by atoms with Crippen LogP contribution in [0, 0.1) is 0 Å². The molecule has 18 heavy (non-hydrogen) atoms. The van der Waals surface area contributed by atoms with Gasteiger partial charge in [-0.25, -0.2) is 0 Å². The van der Waals surface area contributed by atoms with E-state index in [4.69, 9.17) is 0 Å². The van der Waals surface area contributed by atoms with Crippen molar-refractivity contribution in [2.45, 2.75) is 11.8 Å². The number of hydrogen-bond donors (Lipinski definition) is 0. The van der Waals surface area contributed by atoms with Crippen LogP contribution in [0.1, 0.15) is 17.5 Å². The normalized spacial score (nSPS) is 22.0. The molecule has 1 aliphatic rings. The van der Waals surface area contributed by atoms with E-state index in [1.165, 1.54) is 16.7 Å². The molecule has 1 aliphatic carbocycles. The number of rotatable bonds is 2. The fraction of sp³-hybridized carbons (Fsp3) is 0.125. The summed E-state index contributed by atoms with van der Waals surface area (Å²) in [6.07, 6.45) is 1.04. The molecule has 3 rings (SSSR count). The molecule has 0 bridgehead atoms. The van der Waals surface area contributed by atoms with Crippen LogP contribution in [0.4, 0.5) is 0 Å². The van der Waals surface area contributed by atoms with Gasteiger partial charge in [-0.3, -0.25) is 0 Å². The molecule has 1 atom stereocenters. The van der Waals surface area contributed by atoms with E-state index >= 15 is 0 Å². The van der Waals surface area contributed by atoms with Crippen molar-refractivity contribution in [3.63, 3.8) is 0 Å². The molecule has 0 aromatic heterocycles. The van der Waals surface area contributed by atoms with Gasteiger partial charge in [0, 0.05) is 14.4 Å². The lowest BCUT2D eigenvalue weighted by Gasteiger charge is -2.17. The molecular weight excluding hydrogens is 352 g/mol. The molecule has 0 N–H and O–H groups in total. The SMILES string of the molecule is C=C1C[C@@]1(c1ccccc1)c1cc(Br)cc(Br)c1. The van der Waals surface area contributed by atoms with Gasteiger partial charge in [-0.15, -0.1) is 0 Å². The minimum Gasteiger partial charge on any atom is -0.0986 e. The molecule has 0 nitrogen and oxygen atoms in total. The van der Waals surface area contributed by atoms with Gasteiger partial charge >= 0.3 is 0 Å². The quantitative estimate of drug-likeness (QED) is 0.621. The standard InChI is InChI=1S/C16H12Br2/c1-11-10-16(11,12-5-3-2-4-6-12)13-7-14(17)9-15(18)8-13/h2-9H,1,10H2/t16-/m1/s1. The van der Waals surface area contributed by atoms with Crippen molar-refractivity contribution in [2.75, 3.05) is 0 Å². The Morgan fingerprint density at radius 1 is 0.889 bits per heavy atom. The average molecular weight is 364 g/mol. The van der Waals surface area contributed by atoms with E-state index < -0.39 is 0 Å². The van der Waals surface area contributed by atoms with E-state index in [9.17, 15) is 0 Å². The average Bonchev–Trinajstić information content (AvgIpc) is 3.02. The highest BCUT2D eigenvalue weighted by Crippen LogP contribution is 2.58. The van der Waals surface area contributed by atoms with E-state index in [-0.39, 0.29) is 5.41 Å². The van der Waals surface area contributed by atoms with Crippen molar-refractivity contribution in [3.8, 4) is 0 Å². The van der Waals surface area contributed by atoms with Crippen LogP contribution in [0.3, 0.4) is 0 Å². The zero-order chi connectivity index (χ0) is 12.8. The van der Waals surface area contributed by atoms with Crippen LogP contribution < -0.4 is 0 Å². The maximum Gasteiger partial charge on any atom is 0.0447 e. The van der Waals surface area contributed by atoms with Crippen LogP contribution in [0.5, 0.6) is 0 Å². The Labute approximate surface area is 124 Å². The summed E-state index contributed by atoms with van der Waals surface area (Å²) < 4.78 is 2.20. The summed E-state index contributed by atoms with van der Waals surface area (Å²) in [6.45, 7) is 4.20. The molecule has 1 fully saturated rings. The first-order valence-electron chi connectivity index (χ1n) is 5.83. The molecule has 1 saturated carbocycles. The number of benzene rings is 2. The van der Waals surface area contributed by atoms with Gasteiger partial charge in [0.05, 0.1) is 0 Å². The van der Waals surface area contributed by atoms with Gasteiger partial charge in [0.2, 0.25) is 0 Å². The molecule has 90 valence electrons. The lowest BCUT2D eigenvalue weighted by molar-refractivity contribution is 0.879. The molecular formula is C16H12Br2. The van der Waals surface area contributed by atoms with Gasteiger partial charge < -0.3 is 0 Å². The van der Waals surface area contributed by atoms with Crippen molar-refractivity contribution in [2.24, 2.45) is 0 Å². The van der Waals surface area contributed by atoms with Gasteiger partial charge in [0.1, 0.15) is 0 Å². The van der Waals surface area contributed by atoms with E-state index in [1.54, 1.807) is 0 Å². The third kappa shape index (κ3) is 1.88. The molecule has 0 aliphatic heterocycles. The Bertz CT molecular complexity index is 596. The van der Waals surface area contributed by atoms with Gasteiger partial charge in [0.15, 0.2) is 0 Å². The Kier molecular flexibility index (Phi) is 2.95. The third-order valence-electron chi connectivity index (χ3n) is 3.58. The first kappa shape index (κ1) is 12.2. The van der Waals surface area contributed by atoms with E-state index in [2.05, 4.69) is 87.0 Å². The summed E-state index contributed by atoms with van der Waals surface area (Å²) in [5.41, 5.74) is 3.95. The van der Waals surface area contributed by atoms with Gasteiger partial charge in [-0.05, 0) is 35.7 Å². The summed E-state index contributed by atoms with van der Waals surface area (Å²) in [7, 11) is 0. The minimum atomic E-state index is 0.0214. The highest BCUT2D eigenvalue weighted by atomic mass is 79.9. The van der Waals surface area contributed by atoms with Crippen LogP contribution >= 0.6 is 31.9 Å². The van der Waals surface area contributed by atoms with Crippen molar-refractivity contribution >= 4 is 31.9 Å². The second-order valence-electron chi connectivity index (χ2n) is 4.71. The third-order valence-corrected chi connectivity index (χ3v) is 4.49. The highest BCUT2D eigenvalue weighted by Gasteiger charge is 2.50. The van der Waals surface area contributed by atoms with Gasteiger partial charge in [-0.1, -0.05) is 74.3 Å². The molecule has 0 radical (unpaired) electrons. The molecule has 0 unspecified atom stereocenters. The summed E-state index contributed by atoms with van der Waals surface area (Å²) in [4.78, 5) is 0. The predicted octanol–water partition coefficient (Wildman–Crippen LogP) is 5.46. The first-order valence-corrected chi connectivity index (χ1v) is 7.42. The lowest BCUT2D eigenvalue weighted by atomic mass is 9.87. The summed E-state index contributed by atoms with van der Waals surface area (Å²) in [6, 6.07) is 17.1. The number of hydrogen-bond acceptors (Lipinski definition) is 0. The second-order valence-corrected chi connectivity index (χ2v) is 6.54. The second kappa shape index (κ2) is 4.36. The van der Waals surface area contributed by atoms with Crippen LogP contribution in [0.25, 0.3) is 0 Å². The van der Waals surface area contributed by atoms with Crippen molar-refractivity contribution < 1.29 is 0 Å². The zero-order valence-corrected chi connectivity index (χ0v) is 13.0. The summed E-state index contributed by atoms with van der Waals surface area (Å²) in [5, 5.41) is 0. The van der Waals surface area contributed by atoms with Crippen LogP contribution in [-0.2, 0) is 5.41 Å². The van der Waals surface area contributed by atoms with Crippen molar-refractivity contribution in [1.29, 1.82) is 0 Å². The van der Waals surface area contributed by atoms with Gasteiger partial charge in [0.25, 0.3) is 0 Å². The molecule has 0 spiro atoms. The largest absolute Gasteiger partial charge is 0.0986 e. The number of halogens is 2. The number of allylic oxidation sites excluding steroid dienone is 1. The molecule has 0 amide bonds. The smallest absolute Gasteiger partial charge is 0.0447 e. The van der Waals surface area contributed by atoms with Gasteiger partial charge in [-0.2, -0.15) is 0 Å². The lowest BCUT2D eigenvalue weighted by Crippen LogP contribution is -2.09. The monoisotopic (exact) mass is 362 g/mol. The summed E-state index contributed by atoms with van der Waals surface area (Å²) in [5.74, 6) is 0. The van der Waals surface area contributed by atoms with E-state index in [0.717, 1.165) is 15.4 Å². The van der Waals surface area contributed by atoms with Crippen LogP contribution in [0.2, 0.25) is 0 Å². The first-order chi connectivity index (χ1) is 8.63. The topological polar surface area (TPSA) is 0 Å². The van der Waals surface area contributed by atoms with E-state index in [1.807, 2.05) is 0 Å². The van der Waals surface area contributed by atoms with Crippen molar-refractivity contribution in [3.05, 3.63) is 80.8 Å². The Hall–Kier alpha value is -0.860. The maximum absolute atomic E-state index is 4.20. The molecule has 2 heteroatoms.